The highest BCUT2D eigenvalue weighted by Crippen LogP contribution is 2.25. The zero-order valence-corrected chi connectivity index (χ0v) is 37.1. The second-order valence-electron chi connectivity index (χ2n) is 17.9. The maximum absolute atomic E-state index is 10.7. The maximum Gasteiger partial charge on any atom is 0.267 e. The smallest absolute Gasteiger partial charge is 0.267 e. The van der Waals surface area contributed by atoms with Crippen molar-refractivity contribution >= 4 is 52.5 Å². The highest BCUT2D eigenvalue weighted by molar-refractivity contribution is 7.86. The molecule has 1 rings (SSSR count). The zero-order valence-electron chi connectivity index (χ0n) is 31.5. The molecule has 268 valence electrons. The van der Waals surface area contributed by atoms with Crippen LogP contribution in [0.5, 0.6) is 0 Å². The molecule has 0 atom stereocenters. The van der Waals surface area contributed by atoms with Crippen LogP contribution < -0.4 is 0 Å². The van der Waals surface area contributed by atoms with Crippen molar-refractivity contribution in [3.8, 4) is 0 Å². The van der Waals surface area contributed by atoms with E-state index >= 15 is 0 Å². The predicted molar refractivity (Wildman–Crippen MR) is 204 cm³/mol. The van der Waals surface area contributed by atoms with Crippen molar-refractivity contribution in [1.29, 1.82) is 0 Å². The van der Waals surface area contributed by atoms with Crippen LogP contribution in [0, 0.1) is 0 Å². The summed E-state index contributed by atoms with van der Waals surface area (Å²) in [5.41, 5.74) is 0. The molecule has 1 aliphatic heterocycles. The van der Waals surface area contributed by atoms with Crippen molar-refractivity contribution < 1.29 is 30.1 Å². The van der Waals surface area contributed by atoms with Crippen molar-refractivity contribution in [3.63, 3.8) is 0 Å². The van der Waals surface area contributed by atoms with E-state index in [0.717, 1.165) is 17.6 Å². The fourth-order valence-corrected chi connectivity index (χ4v) is 20.4. The Morgan fingerprint density at radius 1 is 0.727 bits per heavy atom. The molecule has 44 heavy (non-hydrogen) atoms. The summed E-state index contributed by atoms with van der Waals surface area (Å²) in [7, 11) is -2.19. The summed E-state index contributed by atoms with van der Waals surface area (Å²) in [6, 6.07) is 8.81. The van der Waals surface area contributed by atoms with E-state index in [1.54, 1.807) is 6.04 Å². The molecule has 0 aromatic heterocycles. The molecule has 1 saturated heterocycles. The Morgan fingerprint density at radius 3 is 1.48 bits per heavy atom. The van der Waals surface area contributed by atoms with E-state index in [9.17, 15) is 21.4 Å². The third-order valence-electron chi connectivity index (χ3n) is 8.14. The molecule has 0 spiro atoms. The lowest BCUT2D eigenvalue weighted by Gasteiger charge is -2.32. The number of quaternary nitrogens is 1. The minimum Gasteiger partial charge on any atom is -0.748 e. The highest BCUT2D eigenvalue weighted by atomic mass is 32.2. The van der Waals surface area contributed by atoms with Gasteiger partial charge >= 0.3 is 0 Å². The molecular formula is C30H74N2O6S2Si4. The van der Waals surface area contributed by atoms with Crippen LogP contribution in [0.2, 0.25) is 102 Å². The molecule has 0 aromatic carbocycles. The number of hydrogen-bond acceptors (Lipinski definition) is 7. The average Bonchev–Trinajstić information content (AvgIpc) is 3.19. The molecule has 0 aromatic rings. The second kappa shape index (κ2) is 20.2. The van der Waals surface area contributed by atoms with Gasteiger partial charge in [-0.2, -0.15) is 8.42 Å². The molecule has 0 N–H and O–H groups in total. The topological polar surface area (TPSA) is 104 Å². The largest absolute Gasteiger partial charge is 0.748 e. The van der Waals surface area contributed by atoms with Crippen molar-refractivity contribution in [2.75, 3.05) is 65.9 Å². The van der Waals surface area contributed by atoms with Gasteiger partial charge in [0.1, 0.15) is 0 Å². The standard InChI is InChI=1S/C15H37NO3SSi2.C12H31NSi2.C3H6O3S/c1-16(2,10-8-12-20(17,18)19)11-9-13-22(6,7)15-14-21(3,4)5;1-13(2)9-8-10-15(6,7)12-11-14(3,4)5;4-7(5)3-1-2-6-7/h8-15H2,1-7H3;8-12H2,1-7H3;1-3H2. The van der Waals surface area contributed by atoms with Gasteiger partial charge in [0.25, 0.3) is 10.1 Å². The lowest BCUT2D eigenvalue weighted by Crippen LogP contribution is -2.42. The van der Waals surface area contributed by atoms with Crippen LogP contribution >= 0.6 is 0 Å². The molecule has 1 heterocycles. The highest BCUT2D eigenvalue weighted by Gasteiger charge is 2.26. The lowest BCUT2D eigenvalue weighted by molar-refractivity contribution is -0.890. The van der Waals surface area contributed by atoms with Crippen molar-refractivity contribution in [2.45, 2.75) is 127 Å². The third-order valence-corrected chi connectivity index (χ3v) is 21.4. The van der Waals surface area contributed by atoms with Gasteiger partial charge in [-0.3, -0.25) is 4.18 Å². The van der Waals surface area contributed by atoms with E-state index in [2.05, 4.69) is 103 Å². The Hall–Kier alpha value is 0.608. The third kappa shape index (κ3) is 34.0. The maximum atomic E-state index is 10.7. The molecule has 14 heteroatoms. The Kier molecular flexibility index (Phi) is 21.4. The fraction of sp³-hybridized carbons (Fsp3) is 1.00. The first-order valence-electron chi connectivity index (χ1n) is 16.7. The lowest BCUT2D eigenvalue weighted by atomic mass is 10.3. The Morgan fingerprint density at radius 2 is 1.16 bits per heavy atom. The van der Waals surface area contributed by atoms with Gasteiger partial charge in [0.2, 0.25) is 0 Å². The molecule has 0 radical (unpaired) electrons. The van der Waals surface area contributed by atoms with Gasteiger partial charge in [-0.15, -0.1) is 0 Å². The first kappa shape index (κ1) is 46.7. The number of rotatable bonds is 18. The van der Waals surface area contributed by atoms with Crippen molar-refractivity contribution in [1.82, 2.24) is 4.90 Å². The first-order valence-corrected chi connectivity index (χ1v) is 34.1. The molecule has 1 fully saturated rings. The van der Waals surface area contributed by atoms with E-state index in [-0.39, 0.29) is 11.5 Å². The van der Waals surface area contributed by atoms with Gasteiger partial charge in [-0.25, -0.2) is 8.42 Å². The zero-order chi connectivity index (χ0) is 35.1. The van der Waals surface area contributed by atoms with Gasteiger partial charge in [-0.1, -0.05) is 102 Å². The molecule has 0 aliphatic carbocycles. The van der Waals surface area contributed by atoms with E-state index in [1.165, 1.54) is 49.6 Å². The Bertz CT molecular complexity index is 980. The van der Waals surface area contributed by atoms with Gasteiger partial charge in [0.05, 0.1) is 49.7 Å². The summed E-state index contributed by atoms with van der Waals surface area (Å²) in [5.74, 6) is -0.0296. The van der Waals surface area contributed by atoms with Crippen LogP contribution in [0.3, 0.4) is 0 Å². The van der Waals surface area contributed by atoms with Crippen LogP contribution in [-0.4, -0.2) is 129 Å². The van der Waals surface area contributed by atoms with Crippen LogP contribution in [0.4, 0.5) is 0 Å². The summed E-state index contributed by atoms with van der Waals surface area (Å²) in [4.78, 5) is 2.31. The van der Waals surface area contributed by atoms with E-state index < -0.39 is 52.5 Å². The number of nitrogens with zero attached hydrogens (tertiary/aromatic N) is 2. The second-order valence-corrected chi connectivity index (χ2v) is 43.1. The van der Waals surface area contributed by atoms with E-state index in [4.69, 9.17) is 0 Å². The fourth-order valence-electron chi connectivity index (χ4n) is 4.80. The predicted octanol–water partition coefficient (Wildman–Crippen LogP) is 7.16. The van der Waals surface area contributed by atoms with Crippen LogP contribution in [0.15, 0.2) is 0 Å². The summed E-state index contributed by atoms with van der Waals surface area (Å²) in [6.45, 7) is 28.4. The van der Waals surface area contributed by atoms with Crippen molar-refractivity contribution in [2.24, 2.45) is 0 Å². The number of hydrogen-bond donors (Lipinski definition) is 0. The summed E-state index contributed by atoms with van der Waals surface area (Å²) in [5, 5.41) is 0. The molecule has 0 amide bonds. The first-order chi connectivity index (χ1) is 19.5. The summed E-state index contributed by atoms with van der Waals surface area (Å²) >= 11 is 0. The Labute approximate surface area is 279 Å². The van der Waals surface area contributed by atoms with Gasteiger partial charge < -0.3 is 13.9 Å². The molecule has 1 aliphatic rings. The monoisotopic (exact) mass is 734 g/mol. The minimum absolute atomic E-state index is 0.201. The van der Waals surface area contributed by atoms with Gasteiger partial charge in [-0.05, 0) is 39.9 Å². The Balaban J connectivity index is 0. The van der Waals surface area contributed by atoms with E-state index in [1.807, 2.05) is 0 Å². The molecular weight excluding hydrogens is 661 g/mol. The summed E-state index contributed by atoms with van der Waals surface area (Å²) < 4.78 is 57.5. The quantitative estimate of drug-likeness (QED) is 0.0638. The van der Waals surface area contributed by atoms with Crippen LogP contribution in [-0.2, 0) is 24.4 Å². The molecule has 0 saturated carbocycles. The molecule has 8 nitrogen and oxygen atoms in total. The summed E-state index contributed by atoms with van der Waals surface area (Å²) in [6.07, 6.45) is 3.73. The molecule has 0 unspecified atom stereocenters. The SMILES string of the molecule is CN(C)CCC[Si](C)(C)CC[Si](C)(C)C.C[N+](C)(CCC[Si](C)(C)CC[Si](C)(C)C)CCCS(=O)(=O)[O-].O=S1(=O)CCCO1. The van der Waals surface area contributed by atoms with Crippen molar-refractivity contribution in [3.05, 3.63) is 0 Å². The minimum atomic E-state index is -4.06. The average molecular weight is 735 g/mol. The molecule has 0 bridgehead atoms. The van der Waals surface area contributed by atoms with Crippen LogP contribution in [0.25, 0.3) is 0 Å². The van der Waals surface area contributed by atoms with E-state index in [0.29, 0.717) is 19.4 Å². The normalized spacial score (nSPS) is 16.3. The van der Waals surface area contributed by atoms with Gasteiger partial charge in [0.15, 0.2) is 0 Å². The van der Waals surface area contributed by atoms with Gasteiger partial charge in [0, 0.05) is 44.5 Å². The van der Waals surface area contributed by atoms with Crippen LogP contribution in [0.1, 0.15) is 25.7 Å².